The minimum absolute atomic E-state index is 0. The van der Waals surface area contributed by atoms with Crippen molar-refractivity contribution in [2.24, 2.45) is 4.99 Å². The van der Waals surface area contributed by atoms with Crippen LogP contribution in [0.1, 0.15) is 18.5 Å². The largest absolute Gasteiger partial charge is 0.355 e. The van der Waals surface area contributed by atoms with Crippen LogP contribution in [-0.2, 0) is 10.0 Å². The van der Waals surface area contributed by atoms with Gasteiger partial charge in [-0.1, -0.05) is 35.9 Å². The summed E-state index contributed by atoms with van der Waals surface area (Å²) in [6.07, 6.45) is 0. The first-order chi connectivity index (χ1) is 11.9. The number of nitrogens with one attached hydrogen (secondary N) is 3. The van der Waals surface area contributed by atoms with E-state index in [2.05, 4.69) is 20.3 Å². The highest BCUT2D eigenvalue weighted by molar-refractivity contribution is 14.0. The second-order valence-electron chi connectivity index (χ2n) is 5.22. The second kappa shape index (κ2) is 11.1. The van der Waals surface area contributed by atoms with Gasteiger partial charge in [0, 0.05) is 25.2 Å². The molecule has 144 valence electrons. The lowest BCUT2D eigenvalue weighted by Crippen LogP contribution is -2.42. The summed E-state index contributed by atoms with van der Waals surface area (Å²) in [5.74, 6) is 0.572. The Morgan fingerprint density at radius 2 is 1.96 bits per heavy atom. The monoisotopic (exact) mass is 528 g/mol. The molecule has 1 unspecified atom stereocenters. The number of halogens is 2. The van der Waals surface area contributed by atoms with E-state index in [4.69, 9.17) is 11.6 Å². The number of aliphatic imine (C=N–C) groups is 1. The van der Waals surface area contributed by atoms with E-state index in [1.54, 1.807) is 24.6 Å². The molecule has 0 bridgehead atoms. The molecule has 3 N–H and O–H groups in total. The Bertz CT molecular complexity index is 813. The number of rotatable bonds is 7. The first-order valence-corrected chi connectivity index (χ1v) is 10.4. The summed E-state index contributed by atoms with van der Waals surface area (Å²) in [6.45, 7) is 2.63. The molecular formula is C16H22ClIN4O2S2. The van der Waals surface area contributed by atoms with Gasteiger partial charge in [-0.25, -0.2) is 13.1 Å². The molecule has 10 heteroatoms. The molecule has 1 heterocycles. The lowest BCUT2D eigenvalue weighted by molar-refractivity contribution is 0.582. The number of guanidine groups is 1. The van der Waals surface area contributed by atoms with Crippen LogP contribution in [0.5, 0.6) is 0 Å². The molecule has 0 aliphatic heterocycles. The van der Waals surface area contributed by atoms with E-state index in [9.17, 15) is 8.42 Å². The maximum atomic E-state index is 12.0. The standard InChI is InChI=1S/C16H21ClN4O2S2.HI/c1-12(13-6-3-4-7-14(13)17)21-16(18-2)19-9-10-20-25(22,23)15-8-5-11-24-15;/h3-8,11-12,20H,9-10H2,1-2H3,(H2,18,19,21);1H. The molecule has 0 aliphatic carbocycles. The number of hydrogen-bond acceptors (Lipinski definition) is 4. The fourth-order valence-electron chi connectivity index (χ4n) is 2.16. The molecule has 0 spiro atoms. The highest BCUT2D eigenvalue weighted by atomic mass is 127. The molecule has 2 aromatic rings. The van der Waals surface area contributed by atoms with Gasteiger partial charge in [-0.2, -0.15) is 0 Å². The highest BCUT2D eigenvalue weighted by Crippen LogP contribution is 2.21. The summed E-state index contributed by atoms with van der Waals surface area (Å²) in [4.78, 5) is 4.14. The van der Waals surface area contributed by atoms with E-state index in [1.807, 2.05) is 31.2 Å². The fourth-order valence-corrected chi connectivity index (χ4v) is 4.53. The molecular weight excluding hydrogens is 507 g/mol. The van der Waals surface area contributed by atoms with E-state index in [0.717, 1.165) is 5.56 Å². The lowest BCUT2D eigenvalue weighted by Gasteiger charge is -2.19. The van der Waals surface area contributed by atoms with Crippen LogP contribution in [0.25, 0.3) is 0 Å². The normalized spacial score (nSPS) is 13.0. The Labute approximate surface area is 180 Å². The third-order valence-electron chi connectivity index (χ3n) is 3.42. The molecule has 1 atom stereocenters. The number of nitrogens with zero attached hydrogens (tertiary/aromatic N) is 1. The maximum Gasteiger partial charge on any atom is 0.250 e. The van der Waals surface area contributed by atoms with Crippen LogP contribution in [0.15, 0.2) is 51.0 Å². The van der Waals surface area contributed by atoms with Gasteiger partial charge >= 0.3 is 0 Å². The summed E-state index contributed by atoms with van der Waals surface area (Å²) >= 11 is 7.38. The number of benzene rings is 1. The third-order valence-corrected chi connectivity index (χ3v) is 6.62. The topological polar surface area (TPSA) is 82.6 Å². The van der Waals surface area contributed by atoms with E-state index in [0.29, 0.717) is 21.7 Å². The van der Waals surface area contributed by atoms with Crippen molar-refractivity contribution in [2.45, 2.75) is 17.2 Å². The first kappa shape index (κ1) is 23.2. The van der Waals surface area contributed by atoms with Crippen molar-refractivity contribution in [3.8, 4) is 0 Å². The fraction of sp³-hybridized carbons (Fsp3) is 0.312. The zero-order valence-corrected chi connectivity index (χ0v) is 19.1. The molecule has 0 aliphatic rings. The highest BCUT2D eigenvalue weighted by Gasteiger charge is 2.14. The van der Waals surface area contributed by atoms with Gasteiger partial charge in [-0.15, -0.1) is 35.3 Å². The van der Waals surface area contributed by atoms with Gasteiger partial charge in [0.2, 0.25) is 10.0 Å². The predicted molar refractivity (Wildman–Crippen MR) is 119 cm³/mol. The van der Waals surface area contributed by atoms with Gasteiger partial charge in [-0.3, -0.25) is 4.99 Å². The lowest BCUT2D eigenvalue weighted by atomic mass is 10.1. The van der Waals surface area contributed by atoms with Crippen molar-refractivity contribution in [1.82, 2.24) is 15.4 Å². The van der Waals surface area contributed by atoms with E-state index >= 15 is 0 Å². The average molecular weight is 529 g/mol. The number of thiophene rings is 1. The molecule has 0 radical (unpaired) electrons. The maximum absolute atomic E-state index is 12.0. The van der Waals surface area contributed by atoms with E-state index in [-0.39, 0.29) is 36.6 Å². The minimum Gasteiger partial charge on any atom is -0.355 e. The van der Waals surface area contributed by atoms with Crippen LogP contribution in [0.2, 0.25) is 5.02 Å². The van der Waals surface area contributed by atoms with Gasteiger partial charge in [0.05, 0.1) is 6.04 Å². The summed E-state index contributed by atoms with van der Waals surface area (Å²) < 4.78 is 26.9. The van der Waals surface area contributed by atoms with Crippen molar-refractivity contribution in [2.75, 3.05) is 20.1 Å². The Balaban J connectivity index is 0.00000338. The van der Waals surface area contributed by atoms with Crippen molar-refractivity contribution in [3.63, 3.8) is 0 Å². The Morgan fingerprint density at radius 3 is 2.58 bits per heavy atom. The van der Waals surface area contributed by atoms with Gasteiger partial charge in [0.15, 0.2) is 5.96 Å². The Hall–Kier alpha value is -0.880. The SMILES string of the molecule is CN=C(NCCNS(=O)(=O)c1cccs1)NC(C)c1ccccc1Cl.I. The molecule has 26 heavy (non-hydrogen) atoms. The Kier molecular flexibility index (Phi) is 9.86. The average Bonchev–Trinajstić information content (AvgIpc) is 3.13. The summed E-state index contributed by atoms with van der Waals surface area (Å²) in [5, 5.41) is 8.72. The van der Waals surface area contributed by atoms with Crippen LogP contribution in [0, 0.1) is 0 Å². The van der Waals surface area contributed by atoms with Gasteiger partial charge < -0.3 is 10.6 Å². The molecule has 2 rings (SSSR count). The predicted octanol–water partition coefficient (Wildman–Crippen LogP) is 3.22. The molecule has 0 saturated heterocycles. The molecule has 1 aromatic carbocycles. The quantitative estimate of drug-likeness (QED) is 0.223. The smallest absolute Gasteiger partial charge is 0.250 e. The summed E-state index contributed by atoms with van der Waals surface area (Å²) in [7, 11) is -1.79. The zero-order valence-electron chi connectivity index (χ0n) is 14.4. The third kappa shape index (κ3) is 6.69. The van der Waals surface area contributed by atoms with Gasteiger partial charge in [-0.05, 0) is 30.0 Å². The zero-order chi connectivity index (χ0) is 18.3. The molecule has 0 saturated carbocycles. The first-order valence-electron chi connectivity index (χ1n) is 7.69. The van der Waals surface area contributed by atoms with Crippen LogP contribution >= 0.6 is 46.9 Å². The Morgan fingerprint density at radius 1 is 1.23 bits per heavy atom. The number of sulfonamides is 1. The van der Waals surface area contributed by atoms with Crippen LogP contribution in [0.3, 0.4) is 0 Å². The van der Waals surface area contributed by atoms with Crippen LogP contribution < -0.4 is 15.4 Å². The van der Waals surface area contributed by atoms with Crippen molar-refractivity contribution in [3.05, 3.63) is 52.4 Å². The van der Waals surface area contributed by atoms with Gasteiger partial charge in [0.25, 0.3) is 0 Å². The summed E-state index contributed by atoms with van der Waals surface area (Å²) in [5.41, 5.74) is 0.963. The minimum atomic E-state index is -3.44. The molecule has 0 amide bonds. The van der Waals surface area contributed by atoms with Crippen molar-refractivity contribution in [1.29, 1.82) is 0 Å². The van der Waals surface area contributed by atoms with E-state index < -0.39 is 10.0 Å². The molecule has 6 nitrogen and oxygen atoms in total. The van der Waals surface area contributed by atoms with Crippen LogP contribution in [0.4, 0.5) is 0 Å². The number of hydrogen-bond donors (Lipinski definition) is 3. The molecule has 1 aromatic heterocycles. The van der Waals surface area contributed by atoms with E-state index in [1.165, 1.54) is 11.3 Å². The van der Waals surface area contributed by atoms with Crippen molar-refractivity contribution < 1.29 is 8.42 Å². The van der Waals surface area contributed by atoms with Crippen molar-refractivity contribution >= 4 is 62.9 Å². The van der Waals surface area contributed by atoms with Crippen LogP contribution in [-0.4, -0.2) is 34.5 Å². The van der Waals surface area contributed by atoms with Gasteiger partial charge in [0.1, 0.15) is 4.21 Å². The second-order valence-corrected chi connectivity index (χ2v) is 8.57. The summed E-state index contributed by atoms with van der Waals surface area (Å²) in [6, 6.07) is 10.8. The molecule has 0 fully saturated rings.